The van der Waals surface area contributed by atoms with Crippen LogP contribution in [0.15, 0.2) is 42.5 Å². The second-order valence-electron chi connectivity index (χ2n) is 7.25. The molecule has 4 rings (SSSR count). The highest BCUT2D eigenvalue weighted by molar-refractivity contribution is 6.31. The van der Waals surface area contributed by atoms with Crippen molar-refractivity contribution in [1.82, 2.24) is 9.78 Å². The van der Waals surface area contributed by atoms with Gasteiger partial charge in [-0.05, 0) is 50.5 Å². The van der Waals surface area contributed by atoms with E-state index in [1.165, 1.54) is 0 Å². The van der Waals surface area contributed by atoms with Gasteiger partial charge < -0.3 is 14.2 Å². The van der Waals surface area contributed by atoms with E-state index in [2.05, 4.69) is 0 Å². The van der Waals surface area contributed by atoms with E-state index >= 15 is 0 Å². The Morgan fingerprint density at radius 1 is 1.27 bits per heavy atom. The van der Waals surface area contributed by atoms with E-state index in [9.17, 15) is 4.79 Å². The predicted molar refractivity (Wildman–Crippen MR) is 115 cm³/mol. The van der Waals surface area contributed by atoms with Crippen molar-refractivity contribution < 1.29 is 19.0 Å². The van der Waals surface area contributed by atoms with Crippen LogP contribution in [0.4, 0.5) is 0 Å². The number of hydrogen-bond acceptors (Lipinski definition) is 5. The molecule has 1 aliphatic rings. The Hall–Kier alpha value is -2.57. The Morgan fingerprint density at radius 3 is 2.93 bits per heavy atom. The van der Waals surface area contributed by atoms with Crippen LogP contribution in [-0.4, -0.2) is 29.0 Å². The van der Waals surface area contributed by atoms with Crippen LogP contribution >= 0.6 is 11.6 Å². The van der Waals surface area contributed by atoms with Gasteiger partial charge in [0.2, 0.25) is 0 Å². The van der Waals surface area contributed by atoms with Crippen LogP contribution in [0, 0.1) is 0 Å². The van der Waals surface area contributed by atoms with Crippen molar-refractivity contribution in [3.8, 4) is 5.75 Å². The van der Waals surface area contributed by atoms with E-state index in [-0.39, 0.29) is 25.2 Å². The number of benzene rings is 2. The van der Waals surface area contributed by atoms with Crippen LogP contribution in [0.2, 0.25) is 5.02 Å². The lowest BCUT2D eigenvalue weighted by Crippen LogP contribution is -2.19. The first-order valence-corrected chi connectivity index (χ1v) is 10.7. The molecule has 1 aliphatic heterocycles. The Kier molecular flexibility index (Phi) is 6.55. The molecule has 1 saturated heterocycles. The number of hydrogen-bond donors (Lipinski definition) is 0. The Bertz CT molecular complexity index is 1030. The smallest absolute Gasteiger partial charge is 0.310 e. The van der Waals surface area contributed by atoms with Crippen molar-refractivity contribution >= 4 is 28.5 Å². The van der Waals surface area contributed by atoms with E-state index in [1.54, 1.807) is 6.92 Å². The average molecular weight is 429 g/mol. The van der Waals surface area contributed by atoms with Crippen molar-refractivity contribution in [1.29, 1.82) is 0 Å². The van der Waals surface area contributed by atoms with Crippen molar-refractivity contribution in [2.75, 3.05) is 13.2 Å². The molecule has 1 aromatic heterocycles. The highest BCUT2D eigenvalue weighted by Gasteiger charge is 2.21. The lowest BCUT2D eigenvalue weighted by atomic mass is 10.1. The fraction of sp³-hybridized carbons (Fsp3) is 0.391. The normalized spacial score (nSPS) is 16.5. The van der Waals surface area contributed by atoms with Gasteiger partial charge in [0.25, 0.3) is 0 Å². The minimum absolute atomic E-state index is 0.0766. The van der Waals surface area contributed by atoms with Crippen molar-refractivity contribution in [2.45, 2.75) is 45.4 Å². The first kappa shape index (κ1) is 20.7. The van der Waals surface area contributed by atoms with E-state index in [0.29, 0.717) is 17.4 Å². The van der Waals surface area contributed by atoms with Crippen LogP contribution < -0.4 is 4.74 Å². The monoisotopic (exact) mass is 428 g/mol. The van der Waals surface area contributed by atoms with Gasteiger partial charge in [-0.3, -0.25) is 4.79 Å². The largest absolute Gasteiger partial charge is 0.487 e. The highest BCUT2D eigenvalue weighted by atomic mass is 35.5. The van der Waals surface area contributed by atoms with Crippen molar-refractivity contribution in [3.63, 3.8) is 0 Å². The number of carbonyl (C=O) groups excluding carboxylic acids is 1. The fourth-order valence-corrected chi connectivity index (χ4v) is 3.90. The van der Waals surface area contributed by atoms with Gasteiger partial charge >= 0.3 is 5.97 Å². The lowest BCUT2D eigenvalue weighted by Gasteiger charge is -2.23. The second-order valence-corrected chi connectivity index (χ2v) is 7.69. The third kappa shape index (κ3) is 4.60. The minimum atomic E-state index is -0.274. The summed E-state index contributed by atoms with van der Waals surface area (Å²) in [6.45, 7) is 3.15. The maximum absolute atomic E-state index is 11.9. The molecule has 0 spiro atoms. The molecule has 3 aromatic rings. The number of halogens is 1. The summed E-state index contributed by atoms with van der Waals surface area (Å²) in [6, 6.07) is 13.2. The third-order valence-electron chi connectivity index (χ3n) is 5.15. The number of carbonyl (C=O) groups is 1. The third-order valence-corrected chi connectivity index (χ3v) is 5.39. The molecule has 2 aromatic carbocycles. The van der Waals surface area contributed by atoms with Gasteiger partial charge in [-0.15, -0.1) is 0 Å². The predicted octanol–water partition coefficient (Wildman–Crippen LogP) is 5.07. The van der Waals surface area contributed by atoms with Gasteiger partial charge in [0, 0.05) is 22.6 Å². The summed E-state index contributed by atoms with van der Waals surface area (Å²) in [7, 11) is 0. The summed E-state index contributed by atoms with van der Waals surface area (Å²) in [5.74, 6) is 0.369. The van der Waals surface area contributed by atoms with Crippen LogP contribution in [0.5, 0.6) is 5.75 Å². The van der Waals surface area contributed by atoms with Gasteiger partial charge in [-0.25, -0.2) is 4.68 Å². The Labute approximate surface area is 180 Å². The zero-order valence-electron chi connectivity index (χ0n) is 17.0. The number of ether oxygens (including phenoxy) is 3. The van der Waals surface area contributed by atoms with Crippen LogP contribution in [-0.2, 0) is 27.3 Å². The summed E-state index contributed by atoms with van der Waals surface area (Å²) < 4.78 is 19.0. The topological polar surface area (TPSA) is 62.6 Å². The molecule has 30 heavy (non-hydrogen) atoms. The second kappa shape index (κ2) is 9.49. The highest BCUT2D eigenvalue weighted by Crippen LogP contribution is 2.30. The minimum Gasteiger partial charge on any atom is -0.487 e. The molecule has 0 bridgehead atoms. The number of aromatic nitrogens is 2. The van der Waals surface area contributed by atoms with Crippen LogP contribution in [0.3, 0.4) is 0 Å². The Balaban J connectivity index is 1.59. The average Bonchev–Trinajstić information content (AvgIpc) is 3.11. The lowest BCUT2D eigenvalue weighted by molar-refractivity contribution is -0.142. The van der Waals surface area contributed by atoms with E-state index in [4.69, 9.17) is 30.9 Å². The molecule has 6 nitrogen and oxygen atoms in total. The summed E-state index contributed by atoms with van der Waals surface area (Å²) in [4.78, 5) is 11.9. The molecule has 1 fully saturated rings. The van der Waals surface area contributed by atoms with Crippen LogP contribution in [0.1, 0.15) is 43.7 Å². The molecule has 0 N–H and O–H groups in total. The zero-order chi connectivity index (χ0) is 20.9. The molecule has 0 aliphatic carbocycles. The van der Waals surface area contributed by atoms with Gasteiger partial charge in [-0.2, -0.15) is 5.10 Å². The first-order valence-electron chi connectivity index (χ1n) is 10.3. The van der Waals surface area contributed by atoms with Crippen LogP contribution in [0.25, 0.3) is 10.9 Å². The standard InChI is InChI=1S/C23H25ClN2O4/c1-2-28-23(27)13-16-7-3-4-8-21(16)30-15-19-18-14-17(24)10-11-20(18)26(25-19)22-9-5-6-12-29-22/h3-4,7-8,10-11,14,22H,2,5-6,9,12-13,15H2,1H3. The van der Waals surface area contributed by atoms with Gasteiger partial charge in [0.1, 0.15) is 18.1 Å². The molecule has 7 heteroatoms. The van der Waals surface area contributed by atoms with E-state index in [0.717, 1.165) is 48.0 Å². The maximum atomic E-state index is 11.9. The quantitative estimate of drug-likeness (QED) is 0.491. The van der Waals surface area contributed by atoms with E-state index in [1.807, 2.05) is 47.1 Å². The van der Waals surface area contributed by atoms with Crippen molar-refractivity contribution in [3.05, 3.63) is 58.7 Å². The molecular formula is C23H25ClN2O4. The molecule has 2 heterocycles. The molecule has 0 amide bonds. The summed E-state index contributed by atoms with van der Waals surface area (Å²) >= 11 is 6.25. The molecule has 0 saturated carbocycles. The van der Waals surface area contributed by atoms with Gasteiger partial charge in [-0.1, -0.05) is 29.8 Å². The first-order chi connectivity index (χ1) is 14.7. The Morgan fingerprint density at radius 2 is 2.13 bits per heavy atom. The number of para-hydroxylation sites is 1. The number of fused-ring (bicyclic) bond motifs is 1. The zero-order valence-corrected chi connectivity index (χ0v) is 17.7. The summed E-state index contributed by atoms with van der Waals surface area (Å²) in [6.07, 6.45) is 3.22. The maximum Gasteiger partial charge on any atom is 0.310 e. The molecule has 0 radical (unpaired) electrons. The molecule has 1 atom stereocenters. The van der Waals surface area contributed by atoms with Gasteiger partial charge in [0.05, 0.1) is 18.5 Å². The fourth-order valence-electron chi connectivity index (χ4n) is 3.72. The van der Waals surface area contributed by atoms with Gasteiger partial charge in [0.15, 0.2) is 6.23 Å². The summed E-state index contributed by atoms with van der Waals surface area (Å²) in [5, 5.41) is 6.40. The number of esters is 1. The number of nitrogens with zero attached hydrogens (tertiary/aromatic N) is 2. The van der Waals surface area contributed by atoms with Crippen molar-refractivity contribution in [2.24, 2.45) is 0 Å². The molecule has 158 valence electrons. The SMILES string of the molecule is CCOC(=O)Cc1ccccc1OCc1nn(C2CCCCO2)c2ccc(Cl)cc12. The number of rotatable bonds is 7. The molecule has 1 unspecified atom stereocenters. The summed E-state index contributed by atoms with van der Waals surface area (Å²) in [5.41, 5.74) is 2.55. The molecular weight excluding hydrogens is 404 g/mol. The van der Waals surface area contributed by atoms with E-state index < -0.39 is 0 Å².